The summed E-state index contributed by atoms with van der Waals surface area (Å²) in [4.78, 5) is 26.7. The lowest BCUT2D eigenvalue weighted by molar-refractivity contribution is -0.147. The Morgan fingerprint density at radius 2 is 1.83 bits per heavy atom. The summed E-state index contributed by atoms with van der Waals surface area (Å²) in [6, 6.07) is 17.6. The molecule has 3 aromatic carbocycles. The average Bonchev–Trinajstić information content (AvgIpc) is 3.34. The van der Waals surface area contributed by atoms with Crippen LogP contribution in [0.4, 0.5) is 4.39 Å². The van der Waals surface area contributed by atoms with E-state index >= 15 is 4.39 Å². The first-order chi connectivity index (χ1) is 16.9. The third-order valence-corrected chi connectivity index (χ3v) is 6.45. The van der Waals surface area contributed by atoms with E-state index in [4.69, 9.17) is 32.7 Å². The zero-order valence-electron chi connectivity index (χ0n) is 19.0. The number of hydrogen-bond acceptors (Lipinski definition) is 4. The number of carbonyl (C=O) groups is 2. The minimum atomic E-state index is -0.705. The monoisotopic (exact) mass is 515 g/mol. The smallest absolute Gasteiger partial charge is 0.328 e. The molecule has 0 aliphatic carbocycles. The van der Waals surface area contributed by atoms with Crippen molar-refractivity contribution in [3.05, 3.63) is 99.3 Å². The van der Waals surface area contributed by atoms with Crippen LogP contribution in [0.25, 0.3) is 0 Å². The molecule has 1 amide bonds. The Hall–Kier alpha value is -3.09. The number of nitrogens with zero attached hydrogens (tertiary/aromatic N) is 1. The molecule has 35 heavy (non-hydrogen) atoms. The topological polar surface area (TPSA) is 55.8 Å². The average molecular weight is 516 g/mol. The molecule has 3 aromatic rings. The van der Waals surface area contributed by atoms with Crippen LogP contribution in [-0.2, 0) is 9.53 Å². The molecular formula is C27H24Cl2FNO4. The Balaban J connectivity index is 1.60. The maximum atomic E-state index is 15.2. The van der Waals surface area contributed by atoms with E-state index in [1.54, 1.807) is 49.4 Å². The summed E-state index contributed by atoms with van der Waals surface area (Å²) < 4.78 is 26.4. The van der Waals surface area contributed by atoms with Crippen molar-refractivity contribution in [1.82, 2.24) is 4.90 Å². The molecular weight excluding hydrogens is 492 g/mol. The number of esters is 1. The largest absolute Gasteiger partial charge is 0.478 e. The van der Waals surface area contributed by atoms with Crippen LogP contribution in [0.2, 0.25) is 10.0 Å². The lowest BCUT2D eigenvalue weighted by Gasteiger charge is -2.24. The number of hydrogen-bond donors (Lipinski definition) is 0. The number of rotatable bonds is 7. The van der Waals surface area contributed by atoms with Gasteiger partial charge in [-0.1, -0.05) is 53.5 Å². The second kappa shape index (κ2) is 11.1. The minimum absolute atomic E-state index is 0.0372. The standard InChI is InChI=1S/C27H24Cl2FNO4/c1-2-34-27(33)23-8-5-15-31(23)26(32)18-11-14-24(22(30)16-18)35-25(17-9-12-19(28)13-10-17)20-6-3-4-7-21(20)29/h3-4,6-7,9-14,16,23,25H,2,5,8,15H2,1H3. The van der Waals surface area contributed by atoms with Gasteiger partial charge in [-0.05, 0) is 61.7 Å². The van der Waals surface area contributed by atoms with Crippen LogP contribution in [0, 0.1) is 5.82 Å². The summed E-state index contributed by atoms with van der Waals surface area (Å²) in [6.07, 6.45) is 0.498. The molecule has 8 heteroatoms. The van der Waals surface area contributed by atoms with E-state index in [2.05, 4.69) is 0 Å². The fourth-order valence-electron chi connectivity index (χ4n) is 4.15. The number of halogens is 3. The van der Waals surface area contributed by atoms with Gasteiger partial charge >= 0.3 is 5.97 Å². The predicted octanol–water partition coefficient (Wildman–Crippen LogP) is 6.47. The zero-order valence-corrected chi connectivity index (χ0v) is 20.6. The molecule has 1 aliphatic heterocycles. The highest BCUT2D eigenvalue weighted by Gasteiger charge is 2.35. The number of likely N-dealkylation sites (tertiary alicyclic amines) is 1. The van der Waals surface area contributed by atoms with Crippen LogP contribution in [0.5, 0.6) is 5.75 Å². The van der Waals surface area contributed by atoms with Gasteiger partial charge in [-0.2, -0.15) is 0 Å². The second-order valence-electron chi connectivity index (χ2n) is 8.12. The summed E-state index contributed by atoms with van der Waals surface area (Å²) in [5.74, 6) is -1.60. The van der Waals surface area contributed by atoms with E-state index in [-0.39, 0.29) is 17.9 Å². The van der Waals surface area contributed by atoms with Crippen LogP contribution >= 0.6 is 23.2 Å². The van der Waals surface area contributed by atoms with E-state index in [1.807, 2.05) is 6.07 Å². The number of ether oxygens (including phenoxy) is 2. The highest BCUT2D eigenvalue weighted by molar-refractivity contribution is 6.31. The van der Waals surface area contributed by atoms with Gasteiger partial charge < -0.3 is 14.4 Å². The molecule has 0 radical (unpaired) electrons. The van der Waals surface area contributed by atoms with Gasteiger partial charge in [0.2, 0.25) is 0 Å². The van der Waals surface area contributed by atoms with Crippen molar-refractivity contribution in [3.8, 4) is 5.75 Å². The molecule has 0 saturated carbocycles. The summed E-state index contributed by atoms with van der Waals surface area (Å²) in [5, 5.41) is 1.03. The van der Waals surface area contributed by atoms with Gasteiger partial charge in [0.05, 0.1) is 6.61 Å². The Bertz CT molecular complexity index is 1220. The van der Waals surface area contributed by atoms with Gasteiger partial charge in [-0.3, -0.25) is 4.79 Å². The van der Waals surface area contributed by atoms with Crippen molar-refractivity contribution in [2.75, 3.05) is 13.2 Å². The molecule has 2 atom stereocenters. The normalized spacial score (nSPS) is 16.1. The van der Waals surface area contributed by atoms with Crippen LogP contribution in [0.3, 0.4) is 0 Å². The molecule has 182 valence electrons. The van der Waals surface area contributed by atoms with Gasteiger partial charge in [-0.25, -0.2) is 9.18 Å². The van der Waals surface area contributed by atoms with Gasteiger partial charge in [0.15, 0.2) is 17.7 Å². The van der Waals surface area contributed by atoms with E-state index in [0.717, 1.165) is 11.6 Å². The highest BCUT2D eigenvalue weighted by Crippen LogP contribution is 2.35. The van der Waals surface area contributed by atoms with E-state index in [9.17, 15) is 9.59 Å². The number of benzene rings is 3. The first-order valence-electron chi connectivity index (χ1n) is 11.3. The van der Waals surface area contributed by atoms with Gasteiger partial charge in [-0.15, -0.1) is 0 Å². The van der Waals surface area contributed by atoms with E-state index < -0.39 is 29.8 Å². The second-order valence-corrected chi connectivity index (χ2v) is 8.97. The van der Waals surface area contributed by atoms with Gasteiger partial charge in [0.1, 0.15) is 6.04 Å². The summed E-state index contributed by atoms with van der Waals surface area (Å²) in [7, 11) is 0. The molecule has 5 nitrogen and oxygen atoms in total. The molecule has 0 bridgehead atoms. The summed E-state index contributed by atoms with van der Waals surface area (Å²) in [5.41, 5.74) is 1.52. The predicted molar refractivity (Wildman–Crippen MR) is 132 cm³/mol. The first kappa shape index (κ1) is 25.0. The molecule has 1 saturated heterocycles. The Morgan fingerprint density at radius 3 is 2.51 bits per heavy atom. The number of carbonyl (C=O) groups excluding carboxylic acids is 2. The number of amides is 1. The molecule has 1 heterocycles. The maximum absolute atomic E-state index is 15.2. The molecule has 1 fully saturated rings. The van der Waals surface area contributed by atoms with E-state index in [0.29, 0.717) is 35.0 Å². The molecule has 0 N–H and O–H groups in total. The van der Waals surface area contributed by atoms with E-state index in [1.165, 1.54) is 17.0 Å². The third kappa shape index (κ3) is 5.60. The van der Waals surface area contributed by atoms with Crippen molar-refractivity contribution < 1.29 is 23.5 Å². The van der Waals surface area contributed by atoms with Crippen LogP contribution in [0.15, 0.2) is 66.7 Å². The molecule has 4 rings (SSSR count). The quantitative estimate of drug-likeness (QED) is 0.338. The Labute approximate surface area is 213 Å². The lowest BCUT2D eigenvalue weighted by Crippen LogP contribution is -2.41. The van der Waals surface area contributed by atoms with Crippen molar-refractivity contribution in [2.24, 2.45) is 0 Å². The molecule has 0 spiro atoms. The minimum Gasteiger partial charge on any atom is -0.478 e. The van der Waals surface area contributed by atoms with Crippen LogP contribution in [0.1, 0.15) is 47.4 Å². The van der Waals surface area contributed by atoms with Crippen LogP contribution < -0.4 is 4.74 Å². The molecule has 2 unspecified atom stereocenters. The van der Waals surface area contributed by atoms with Crippen molar-refractivity contribution in [1.29, 1.82) is 0 Å². The molecule has 0 aromatic heterocycles. The third-order valence-electron chi connectivity index (χ3n) is 5.86. The zero-order chi connectivity index (χ0) is 24.9. The van der Waals surface area contributed by atoms with Gasteiger partial charge in [0, 0.05) is 27.7 Å². The summed E-state index contributed by atoms with van der Waals surface area (Å²) >= 11 is 12.5. The maximum Gasteiger partial charge on any atom is 0.328 e. The van der Waals surface area contributed by atoms with Crippen molar-refractivity contribution >= 4 is 35.1 Å². The van der Waals surface area contributed by atoms with Crippen molar-refractivity contribution in [3.63, 3.8) is 0 Å². The highest BCUT2D eigenvalue weighted by atomic mass is 35.5. The summed E-state index contributed by atoms with van der Waals surface area (Å²) in [6.45, 7) is 2.36. The van der Waals surface area contributed by atoms with Crippen LogP contribution in [-0.4, -0.2) is 36.0 Å². The fourth-order valence-corrected chi connectivity index (χ4v) is 4.51. The first-order valence-corrected chi connectivity index (χ1v) is 12.1. The fraction of sp³-hybridized carbons (Fsp3) is 0.259. The Morgan fingerprint density at radius 1 is 1.09 bits per heavy atom. The Kier molecular flexibility index (Phi) is 7.93. The lowest BCUT2D eigenvalue weighted by atomic mass is 10.0. The SMILES string of the molecule is CCOC(=O)C1CCCN1C(=O)c1ccc(OC(c2ccc(Cl)cc2)c2ccccc2Cl)c(F)c1. The van der Waals surface area contributed by atoms with Gasteiger partial charge in [0.25, 0.3) is 5.91 Å². The van der Waals surface area contributed by atoms with Crippen molar-refractivity contribution in [2.45, 2.75) is 31.9 Å². The molecule has 1 aliphatic rings.